The number of aromatic amines is 1. The Kier molecular flexibility index (Phi) is 3.88. The molecule has 1 aromatic heterocycles. The number of benzene rings is 2. The molecule has 0 bridgehead atoms. The van der Waals surface area contributed by atoms with Gasteiger partial charge in [0.25, 0.3) is 11.5 Å². The fourth-order valence-corrected chi connectivity index (χ4v) is 2.20. The summed E-state index contributed by atoms with van der Waals surface area (Å²) in [6.45, 7) is 0. The third-order valence-electron chi connectivity index (χ3n) is 3.30. The normalized spacial score (nSPS) is 11.0. The monoisotopic (exact) mass is 307 g/mol. The Morgan fingerprint density at radius 1 is 1.09 bits per heavy atom. The first-order chi connectivity index (χ1) is 11.2. The summed E-state index contributed by atoms with van der Waals surface area (Å²) in [7, 11) is 0. The second-order valence-electron chi connectivity index (χ2n) is 4.83. The quantitative estimate of drug-likeness (QED) is 0.510. The summed E-state index contributed by atoms with van der Waals surface area (Å²) >= 11 is 0. The van der Waals surface area contributed by atoms with E-state index in [1.54, 1.807) is 24.3 Å². The minimum Gasteiger partial charge on any atom is -0.506 e. The van der Waals surface area contributed by atoms with Gasteiger partial charge >= 0.3 is 0 Å². The number of aromatic nitrogens is 1. The Balaban J connectivity index is 1.89. The van der Waals surface area contributed by atoms with E-state index in [1.807, 2.05) is 30.3 Å². The van der Waals surface area contributed by atoms with Crippen LogP contribution in [-0.4, -0.2) is 22.2 Å². The summed E-state index contributed by atoms with van der Waals surface area (Å²) < 4.78 is 0. The number of aromatic hydroxyl groups is 1. The summed E-state index contributed by atoms with van der Waals surface area (Å²) in [6, 6.07) is 15.9. The van der Waals surface area contributed by atoms with Gasteiger partial charge in [-0.15, -0.1) is 0 Å². The molecule has 0 saturated heterocycles. The molecule has 0 atom stereocenters. The molecular formula is C17H13N3O3. The van der Waals surface area contributed by atoms with E-state index in [4.69, 9.17) is 0 Å². The molecule has 6 nitrogen and oxygen atoms in total. The summed E-state index contributed by atoms with van der Waals surface area (Å²) in [5.41, 5.74) is 2.46. The summed E-state index contributed by atoms with van der Waals surface area (Å²) in [4.78, 5) is 26.7. The van der Waals surface area contributed by atoms with Crippen LogP contribution in [-0.2, 0) is 0 Å². The van der Waals surface area contributed by atoms with Crippen molar-refractivity contribution in [1.29, 1.82) is 0 Å². The molecule has 0 spiro atoms. The van der Waals surface area contributed by atoms with Crippen molar-refractivity contribution in [2.24, 2.45) is 5.10 Å². The van der Waals surface area contributed by atoms with Crippen molar-refractivity contribution < 1.29 is 9.90 Å². The summed E-state index contributed by atoms with van der Waals surface area (Å²) in [5.74, 6) is -1.14. The maximum atomic E-state index is 12.1. The maximum absolute atomic E-state index is 12.1. The van der Waals surface area contributed by atoms with Crippen molar-refractivity contribution in [2.75, 3.05) is 0 Å². The van der Waals surface area contributed by atoms with E-state index in [1.165, 1.54) is 6.21 Å². The summed E-state index contributed by atoms with van der Waals surface area (Å²) in [6.07, 6.45) is 1.45. The largest absolute Gasteiger partial charge is 0.506 e. The van der Waals surface area contributed by atoms with Crippen LogP contribution in [0.4, 0.5) is 0 Å². The zero-order valence-corrected chi connectivity index (χ0v) is 12.0. The predicted molar refractivity (Wildman–Crippen MR) is 87.7 cm³/mol. The molecule has 2 aromatic carbocycles. The van der Waals surface area contributed by atoms with Crippen LogP contribution in [0.2, 0.25) is 0 Å². The molecule has 1 amide bonds. The number of rotatable bonds is 3. The molecule has 0 unspecified atom stereocenters. The number of para-hydroxylation sites is 1. The Bertz CT molecular complexity index is 946. The Hall–Kier alpha value is -3.41. The van der Waals surface area contributed by atoms with E-state index in [0.717, 1.165) is 5.56 Å². The van der Waals surface area contributed by atoms with Gasteiger partial charge in [-0.05, 0) is 17.7 Å². The van der Waals surface area contributed by atoms with Crippen molar-refractivity contribution in [3.8, 4) is 5.75 Å². The Morgan fingerprint density at radius 2 is 1.78 bits per heavy atom. The van der Waals surface area contributed by atoms with Crippen molar-refractivity contribution in [3.05, 3.63) is 76.1 Å². The first-order valence-corrected chi connectivity index (χ1v) is 6.89. The van der Waals surface area contributed by atoms with Crippen LogP contribution in [0.5, 0.6) is 5.75 Å². The van der Waals surface area contributed by atoms with Gasteiger partial charge in [0.05, 0.1) is 11.7 Å². The van der Waals surface area contributed by atoms with Crippen LogP contribution >= 0.6 is 0 Å². The molecule has 0 aliphatic rings. The van der Waals surface area contributed by atoms with Crippen LogP contribution in [0, 0.1) is 0 Å². The van der Waals surface area contributed by atoms with Crippen LogP contribution in [0.3, 0.4) is 0 Å². The average Bonchev–Trinajstić information content (AvgIpc) is 2.56. The number of H-pyrrole nitrogens is 1. The number of fused-ring (bicyclic) bond motifs is 1. The Labute approximate surface area is 131 Å². The molecule has 0 radical (unpaired) electrons. The molecule has 23 heavy (non-hydrogen) atoms. The Morgan fingerprint density at radius 3 is 2.57 bits per heavy atom. The number of nitrogens with one attached hydrogen (secondary N) is 2. The first-order valence-electron chi connectivity index (χ1n) is 6.89. The molecule has 3 N–H and O–H groups in total. The van der Waals surface area contributed by atoms with Gasteiger partial charge in [0.1, 0.15) is 11.3 Å². The highest BCUT2D eigenvalue weighted by molar-refractivity contribution is 6.02. The van der Waals surface area contributed by atoms with E-state index in [9.17, 15) is 14.7 Å². The lowest BCUT2D eigenvalue weighted by Crippen LogP contribution is -2.26. The van der Waals surface area contributed by atoms with Gasteiger partial charge in [-0.2, -0.15) is 5.10 Å². The van der Waals surface area contributed by atoms with E-state index in [0.29, 0.717) is 10.9 Å². The lowest BCUT2D eigenvalue weighted by Gasteiger charge is -2.05. The molecule has 3 rings (SSSR count). The van der Waals surface area contributed by atoms with Gasteiger partial charge in [-0.25, -0.2) is 5.43 Å². The lowest BCUT2D eigenvalue weighted by atomic mass is 10.1. The number of hydrazone groups is 1. The van der Waals surface area contributed by atoms with Crippen LogP contribution in [0.15, 0.2) is 64.5 Å². The van der Waals surface area contributed by atoms with Crippen LogP contribution in [0.25, 0.3) is 10.9 Å². The first kappa shape index (κ1) is 14.5. The second kappa shape index (κ2) is 6.15. The molecule has 6 heteroatoms. The molecular weight excluding hydrogens is 294 g/mol. The van der Waals surface area contributed by atoms with Gasteiger partial charge < -0.3 is 10.1 Å². The van der Waals surface area contributed by atoms with E-state index < -0.39 is 11.5 Å². The number of carbonyl (C=O) groups is 1. The second-order valence-corrected chi connectivity index (χ2v) is 4.83. The van der Waals surface area contributed by atoms with Crippen molar-refractivity contribution in [1.82, 2.24) is 10.4 Å². The fraction of sp³-hybridized carbons (Fsp3) is 0. The van der Waals surface area contributed by atoms with Crippen LogP contribution < -0.4 is 11.0 Å². The topological polar surface area (TPSA) is 94.5 Å². The van der Waals surface area contributed by atoms with Gasteiger partial charge in [-0.3, -0.25) is 9.59 Å². The lowest BCUT2D eigenvalue weighted by molar-refractivity contribution is 0.0951. The number of amides is 1. The van der Waals surface area contributed by atoms with Gasteiger partial charge in [0, 0.05) is 5.39 Å². The molecule has 0 saturated carbocycles. The van der Waals surface area contributed by atoms with Gasteiger partial charge in [0.15, 0.2) is 0 Å². The number of hydrogen-bond acceptors (Lipinski definition) is 4. The third kappa shape index (κ3) is 2.96. The minimum absolute atomic E-state index is 0.364. The molecule has 1 heterocycles. The zero-order valence-electron chi connectivity index (χ0n) is 12.0. The molecule has 3 aromatic rings. The summed E-state index contributed by atoms with van der Waals surface area (Å²) in [5, 5.41) is 14.4. The standard InChI is InChI=1S/C17H13N3O3/c21-15-12-8-4-5-9-13(12)19-16(22)14(15)17(23)20-18-10-11-6-2-1-3-7-11/h1-10H,(H,20,23)(H2,19,21,22)/b18-10-. The molecule has 0 aliphatic heterocycles. The smallest absolute Gasteiger partial charge is 0.280 e. The van der Waals surface area contributed by atoms with E-state index >= 15 is 0 Å². The molecule has 114 valence electrons. The highest BCUT2D eigenvalue weighted by Crippen LogP contribution is 2.24. The number of hydrogen-bond donors (Lipinski definition) is 3. The number of carbonyl (C=O) groups excluding carboxylic acids is 1. The van der Waals surface area contributed by atoms with E-state index in [2.05, 4.69) is 15.5 Å². The van der Waals surface area contributed by atoms with Crippen molar-refractivity contribution >= 4 is 23.0 Å². The average molecular weight is 307 g/mol. The number of pyridine rings is 1. The molecule has 0 fully saturated rings. The fourth-order valence-electron chi connectivity index (χ4n) is 2.20. The van der Waals surface area contributed by atoms with Crippen LogP contribution in [0.1, 0.15) is 15.9 Å². The molecule has 0 aliphatic carbocycles. The van der Waals surface area contributed by atoms with Gasteiger partial charge in [0.2, 0.25) is 0 Å². The highest BCUT2D eigenvalue weighted by Gasteiger charge is 2.18. The third-order valence-corrected chi connectivity index (χ3v) is 3.30. The van der Waals surface area contributed by atoms with E-state index in [-0.39, 0.29) is 11.3 Å². The zero-order chi connectivity index (χ0) is 16.2. The maximum Gasteiger partial charge on any atom is 0.280 e. The SMILES string of the molecule is O=C(N/N=C\c1ccccc1)c1c(O)c2ccccc2[nH]c1=O. The minimum atomic E-state index is -0.776. The number of nitrogens with zero attached hydrogens (tertiary/aromatic N) is 1. The predicted octanol–water partition coefficient (Wildman–Crippen LogP) is 2.00. The van der Waals surface area contributed by atoms with Gasteiger partial charge in [-0.1, -0.05) is 42.5 Å². The highest BCUT2D eigenvalue weighted by atomic mass is 16.3. The van der Waals surface area contributed by atoms with Crippen molar-refractivity contribution in [2.45, 2.75) is 0 Å². The van der Waals surface area contributed by atoms with Crippen molar-refractivity contribution in [3.63, 3.8) is 0 Å².